The maximum Gasteiger partial charge on any atom is 0.125 e. The summed E-state index contributed by atoms with van der Waals surface area (Å²) < 4.78 is 12.9. The molecule has 2 saturated heterocycles. The third kappa shape index (κ3) is 7.01. The number of hydrogen-bond donors (Lipinski definition) is 0. The van der Waals surface area contributed by atoms with E-state index in [0.29, 0.717) is 12.1 Å². The first-order valence-electron chi connectivity index (χ1n) is 13.9. The molecule has 0 radical (unpaired) electrons. The van der Waals surface area contributed by atoms with Crippen LogP contribution in [0, 0.1) is 13.8 Å². The summed E-state index contributed by atoms with van der Waals surface area (Å²) in [4.78, 5) is 5.01. The quantitative estimate of drug-likeness (QED) is 0.394. The van der Waals surface area contributed by atoms with Crippen molar-refractivity contribution in [2.24, 2.45) is 0 Å². The fourth-order valence-corrected chi connectivity index (χ4v) is 5.93. The van der Waals surface area contributed by atoms with Crippen molar-refractivity contribution in [1.29, 1.82) is 0 Å². The van der Waals surface area contributed by atoms with Crippen molar-refractivity contribution < 1.29 is 9.47 Å². The molecule has 2 aliphatic heterocycles. The lowest BCUT2D eigenvalue weighted by molar-refractivity contribution is 0.152. The largest absolute Gasteiger partial charge is 0.493 e. The summed E-state index contributed by atoms with van der Waals surface area (Å²) in [5.41, 5.74) is 4.94. The number of benzene rings is 2. The van der Waals surface area contributed by atoms with E-state index in [2.05, 4.69) is 74.1 Å². The van der Waals surface area contributed by atoms with Crippen LogP contribution in [0.5, 0.6) is 11.5 Å². The molecule has 0 aliphatic carbocycles. The second-order valence-corrected chi connectivity index (χ2v) is 10.8. The minimum Gasteiger partial charge on any atom is -0.493 e. The first kappa shape index (κ1) is 26.0. The standard InChI is InChI=1S/C31H46N2O2/c1-24-11-9-13-26(30(24)34-21-17-28-15-5-7-19-32(28)3)23-27-14-10-12-25(2)31(27)35-22-18-29-16-6-8-20-33(29)4/h9-14,28-29H,5-8,15-23H2,1-4H3. The van der Waals surface area contributed by atoms with Gasteiger partial charge in [0.25, 0.3) is 0 Å². The average Bonchev–Trinajstić information content (AvgIpc) is 2.85. The molecule has 35 heavy (non-hydrogen) atoms. The van der Waals surface area contributed by atoms with E-state index in [1.54, 1.807) is 0 Å². The smallest absolute Gasteiger partial charge is 0.125 e. The molecule has 2 unspecified atom stereocenters. The fourth-order valence-electron chi connectivity index (χ4n) is 5.93. The molecule has 2 heterocycles. The number of aryl methyl sites for hydroxylation is 2. The summed E-state index contributed by atoms with van der Waals surface area (Å²) in [5, 5.41) is 0. The minimum absolute atomic E-state index is 0.649. The van der Waals surface area contributed by atoms with Gasteiger partial charge in [-0.05, 0) is 102 Å². The Hall–Kier alpha value is -2.04. The summed E-state index contributed by atoms with van der Waals surface area (Å²) in [6, 6.07) is 14.4. The Kier molecular flexibility index (Phi) is 9.51. The average molecular weight is 479 g/mol. The van der Waals surface area contributed by atoms with Gasteiger partial charge in [-0.2, -0.15) is 0 Å². The van der Waals surface area contributed by atoms with Crippen LogP contribution in [0.25, 0.3) is 0 Å². The minimum atomic E-state index is 0.649. The lowest BCUT2D eigenvalue weighted by atomic mass is 9.98. The molecule has 2 aliphatic rings. The van der Waals surface area contributed by atoms with Gasteiger partial charge in [-0.3, -0.25) is 0 Å². The van der Waals surface area contributed by atoms with Crippen LogP contribution in [0.3, 0.4) is 0 Å². The molecule has 0 bridgehead atoms. The Morgan fingerprint density at radius 1 is 0.686 bits per heavy atom. The van der Waals surface area contributed by atoms with Crippen LogP contribution < -0.4 is 9.47 Å². The summed E-state index contributed by atoms with van der Waals surface area (Å²) >= 11 is 0. The van der Waals surface area contributed by atoms with Crippen LogP contribution in [0.4, 0.5) is 0 Å². The normalized spacial score (nSPS) is 21.7. The zero-order valence-corrected chi connectivity index (χ0v) is 22.5. The summed E-state index contributed by atoms with van der Waals surface area (Å²) in [6.45, 7) is 8.32. The highest BCUT2D eigenvalue weighted by atomic mass is 16.5. The number of hydrogen-bond acceptors (Lipinski definition) is 4. The Morgan fingerprint density at radius 2 is 1.14 bits per heavy atom. The van der Waals surface area contributed by atoms with Gasteiger partial charge in [-0.25, -0.2) is 0 Å². The fraction of sp³-hybridized carbons (Fsp3) is 0.613. The molecule has 192 valence electrons. The topological polar surface area (TPSA) is 24.9 Å². The third-order valence-corrected chi connectivity index (χ3v) is 8.21. The molecular weight excluding hydrogens is 432 g/mol. The van der Waals surface area contributed by atoms with E-state index in [0.717, 1.165) is 44.0 Å². The van der Waals surface area contributed by atoms with E-state index in [4.69, 9.17) is 9.47 Å². The SMILES string of the molecule is Cc1cccc(Cc2cccc(C)c2OCCC2CCCCN2C)c1OCCC1CCCCN1C. The zero-order valence-electron chi connectivity index (χ0n) is 22.5. The van der Waals surface area contributed by atoms with Gasteiger partial charge < -0.3 is 19.3 Å². The molecule has 4 nitrogen and oxygen atoms in total. The Morgan fingerprint density at radius 3 is 1.57 bits per heavy atom. The van der Waals surface area contributed by atoms with Gasteiger partial charge in [-0.1, -0.05) is 49.2 Å². The second-order valence-electron chi connectivity index (χ2n) is 10.8. The van der Waals surface area contributed by atoms with Crippen LogP contribution in [0.1, 0.15) is 73.6 Å². The highest BCUT2D eigenvalue weighted by Gasteiger charge is 2.21. The molecule has 2 aromatic rings. The summed E-state index contributed by atoms with van der Waals surface area (Å²) in [6.07, 6.45) is 11.0. The highest BCUT2D eigenvalue weighted by molar-refractivity contribution is 5.48. The Balaban J connectivity index is 1.41. The molecule has 2 aromatic carbocycles. The number of ether oxygens (including phenoxy) is 2. The lowest BCUT2D eigenvalue weighted by Gasteiger charge is -2.32. The Bertz CT molecular complexity index is 868. The van der Waals surface area contributed by atoms with Gasteiger partial charge in [-0.15, -0.1) is 0 Å². The van der Waals surface area contributed by atoms with Crippen molar-refractivity contribution >= 4 is 0 Å². The first-order valence-corrected chi connectivity index (χ1v) is 13.9. The van der Waals surface area contributed by atoms with Crippen LogP contribution in [-0.4, -0.2) is 62.3 Å². The molecule has 0 saturated carbocycles. The molecule has 0 N–H and O–H groups in total. The monoisotopic (exact) mass is 478 g/mol. The molecule has 0 aromatic heterocycles. The molecule has 2 fully saturated rings. The van der Waals surface area contributed by atoms with E-state index in [-0.39, 0.29) is 0 Å². The van der Waals surface area contributed by atoms with Crippen LogP contribution in [0.15, 0.2) is 36.4 Å². The molecule has 2 atom stereocenters. The molecule has 4 rings (SSSR count). The summed E-state index contributed by atoms with van der Waals surface area (Å²) in [7, 11) is 4.52. The van der Waals surface area contributed by atoms with Crippen molar-refractivity contribution in [2.45, 2.75) is 83.7 Å². The van der Waals surface area contributed by atoms with Crippen molar-refractivity contribution in [3.8, 4) is 11.5 Å². The van der Waals surface area contributed by atoms with Crippen molar-refractivity contribution in [3.05, 3.63) is 58.7 Å². The van der Waals surface area contributed by atoms with Crippen LogP contribution >= 0.6 is 0 Å². The van der Waals surface area contributed by atoms with E-state index in [1.807, 2.05) is 0 Å². The van der Waals surface area contributed by atoms with Gasteiger partial charge >= 0.3 is 0 Å². The molecule has 0 spiro atoms. The molecular formula is C31H46N2O2. The predicted molar refractivity (Wildman–Crippen MR) is 146 cm³/mol. The zero-order chi connectivity index (χ0) is 24.6. The number of nitrogens with zero attached hydrogens (tertiary/aromatic N) is 2. The first-order chi connectivity index (χ1) is 17.0. The van der Waals surface area contributed by atoms with Gasteiger partial charge in [0.2, 0.25) is 0 Å². The van der Waals surface area contributed by atoms with Gasteiger partial charge in [0, 0.05) is 18.5 Å². The number of likely N-dealkylation sites (tertiary alicyclic amines) is 2. The maximum absolute atomic E-state index is 6.46. The van der Waals surface area contributed by atoms with E-state index in [9.17, 15) is 0 Å². The van der Waals surface area contributed by atoms with Gasteiger partial charge in [0.1, 0.15) is 11.5 Å². The van der Waals surface area contributed by atoms with Crippen molar-refractivity contribution in [1.82, 2.24) is 9.80 Å². The predicted octanol–water partition coefficient (Wildman–Crippen LogP) is 6.40. The molecule has 0 amide bonds. The number of piperidine rings is 2. The van der Waals surface area contributed by atoms with Crippen LogP contribution in [-0.2, 0) is 6.42 Å². The number of rotatable bonds is 10. The highest BCUT2D eigenvalue weighted by Crippen LogP contribution is 2.32. The van der Waals surface area contributed by atoms with Gasteiger partial charge in [0.05, 0.1) is 13.2 Å². The van der Waals surface area contributed by atoms with Crippen molar-refractivity contribution in [3.63, 3.8) is 0 Å². The van der Waals surface area contributed by atoms with Crippen molar-refractivity contribution in [2.75, 3.05) is 40.4 Å². The lowest BCUT2D eigenvalue weighted by Crippen LogP contribution is -2.37. The van der Waals surface area contributed by atoms with E-state index < -0.39 is 0 Å². The van der Waals surface area contributed by atoms with Crippen LogP contribution in [0.2, 0.25) is 0 Å². The molecule has 4 heteroatoms. The maximum atomic E-state index is 6.46. The number of para-hydroxylation sites is 2. The van der Waals surface area contributed by atoms with E-state index in [1.165, 1.54) is 73.9 Å². The van der Waals surface area contributed by atoms with Gasteiger partial charge in [0.15, 0.2) is 0 Å². The van der Waals surface area contributed by atoms with E-state index >= 15 is 0 Å². The summed E-state index contributed by atoms with van der Waals surface area (Å²) in [5.74, 6) is 2.12. The Labute approximate surface area is 213 Å². The second kappa shape index (κ2) is 12.8. The third-order valence-electron chi connectivity index (χ3n) is 8.21.